The van der Waals surface area contributed by atoms with Gasteiger partial charge in [0, 0.05) is 41.7 Å². The minimum absolute atomic E-state index is 0. The minimum Gasteiger partial charge on any atom is -0.328 e. The summed E-state index contributed by atoms with van der Waals surface area (Å²) < 4.78 is 0. The van der Waals surface area contributed by atoms with Crippen LogP contribution in [0.5, 0.6) is 0 Å². The molecule has 0 aromatic carbocycles. The second-order valence-electron chi connectivity index (χ2n) is 2.24. The summed E-state index contributed by atoms with van der Waals surface area (Å²) in [6.45, 7) is 0. The van der Waals surface area contributed by atoms with Crippen LogP contribution >= 0.6 is 0 Å². The first-order valence-electron chi connectivity index (χ1n) is 4.00. The summed E-state index contributed by atoms with van der Waals surface area (Å²) in [6, 6.07) is 0. The molecular formula is C10H11CeNO3-2. The van der Waals surface area contributed by atoms with Crippen molar-refractivity contribution in [2.45, 2.75) is 12.8 Å². The largest absolute Gasteiger partial charge is 0.328 e. The van der Waals surface area contributed by atoms with Crippen molar-refractivity contribution >= 4 is 0 Å². The fourth-order valence-corrected chi connectivity index (χ4v) is 0.680. The van der Waals surface area contributed by atoms with E-state index in [4.69, 9.17) is 15.3 Å². The van der Waals surface area contributed by atoms with Crippen LogP contribution in [-0.2, 0) is 0 Å². The number of nitrogens with zero attached hydrogens (tertiary/aromatic N) is 1. The van der Waals surface area contributed by atoms with Crippen molar-refractivity contribution in [2.75, 3.05) is 0 Å². The van der Waals surface area contributed by atoms with Gasteiger partial charge in [-0.1, -0.05) is 0 Å². The van der Waals surface area contributed by atoms with E-state index in [1.54, 1.807) is 0 Å². The molecule has 0 spiro atoms. The van der Waals surface area contributed by atoms with Crippen LogP contribution in [0.15, 0.2) is 36.5 Å². The molecule has 80 valence electrons. The van der Waals surface area contributed by atoms with Crippen molar-refractivity contribution in [1.82, 2.24) is 0 Å². The van der Waals surface area contributed by atoms with Crippen LogP contribution in [0.4, 0.5) is 0 Å². The molecule has 0 aliphatic heterocycles. The Bertz CT molecular complexity index is 224. The van der Waals surface area contributed by atoms with Gasteiger partial charge in [-0.25, -0.2) is 24.3 Å². The van der Waals surface area contributed by atoms with Crippen LogP contribution in [0, 0.1) is 64.0 Å². The summed E-state index contributed by atoms with van der Waals surface area (Å²) in [5, 5.41) is 13.6. The molecular weight excluding hydrogens is 322 g/mol. The smallest absolute Gasteiger partial charge is 0.291 e. The van der Waals surface area contributed by atoms with E-state index in [1.165, 1.54) is 0 Å². The SMILES string of the molecule is O=[N+]([O-])O.[C-]1=CC=CC1.[C-]1=CC=CC1.[Ce]. The van der Waals surface area contributed by atoms with E-state index in [0.717, 1.165) is 12.8 Å². The van der Waals surface area contributed by atoms with E-state index < -0.39 is 5.09 Å². The molecule has 0 saturated heterocycles. The fourth-order valence-electron chi connectivity index (χ4n) is 0.680. The van der Waals surface area contributed by atoms with Crippen LogP contribution in [-0.4, -0.2) is 10.3 Å². The fraction of sp³-hybridized carbons (Fsp3) is 0.200. The molecule has 0 amide bonds. The molecule has 2 aliphatic rings. The Morgan fingerprint density at radius 1 is 1.13 bits per heavy atom. The first kappa shape index (κ1) is 16.9. The monoisotopic (exact) mass is 333 g/mol. The third-order valence-electron chi connectivity index (χ3n) is 1.17. The maximum Gasteiger partial charge on any atom is 0.291 e. The maximum atomic E-state index is 8.36. The summed E-state index contributed by atoms with van der Waals surface area (Å²) in [6.07, 6.45) is 20.0. The standard InChI is InChI=1S/2C5H5.Ce.HNO3/c2*1-2-4-5-3-1;;2-1(3)4/h2*1-3H,4H2;;(H,2,3,4)/q2*-1;;. The van der Waals surface area contributed by atoms with Crippen LogP contribution in [0.3, 0.4) is 0 Å². The first-order valence-corrected chi connectivity index (χ1v) is 4.00. The van der Waals surface area contributed by atoms with Crippen molar-refractivity contribution in [3.63, 3.8) is 0 Å². The van der Waals surface area contributed by atoms with Gasteiger partial charge in [0.2, 0.25) is 0 Å². The van der Waals surface area contributed by atoms with Gasteiger partial charge in [-0.05, 0) is 0 Å². The summed E-state index contributed by atoms with van der Waals surface area (Å²) in [5.41, 5.74) is 0. The number of rotatable bonds is 0. The molecule has 0 bridgehead atoms. The molecule has 0 unspecified atom stereocenters. The molecule has 5 heteroatoms. The summed E-state index contributed by atoms with van der Waals surface area (Å²) in [7, 11) is 0. The van der Waals surface area contributed by atoms with Gasteiger partial charge in [-0.3, -0.25) is 12.2 Å². The summed E-state index contributed by atoms with van der Waals surface area (Å²) in [4.78, 5) is 8.36. The zero-order valence-corrected chi connectivity index (χ0v) is 11.2. The van der Waals surface area contributed by atoms with E-state index in [9.17, 15) is 0 Å². The number of hydrogen-bond donors (Lipinski definition) is 1. The average Bonchev–Trinajstić information content (AvgIpc) is 2.83. The minimum atomic E-state index is -1.50. The van der Waals surface area contributed by atoms with Gasteiger partial charge < -0.3 is 5.21 Å². The molecule has 0 aromatic rings. The van der Waals surface area contributed by atoms with Gasteiger partial charge >= 0.3 is 0 Å². The van der Waals surface area contributed by atoms with E-state index in [-0.39, 0.29) is 41.7 Å². The van der Waals surface area contributed by atoms with Crippen molar-refractivity contribution < 1.29 is 52.0 Å². The topological polar surface area (TPSA) is 63.4 Å². The van der Waals surface area contributed by atoms with E-state index in [2.05, 4.69) is 24.3 Å². The van der Waals surface area contributed by atoms with Crippen LogP contribution in [0.2, 0.25) is 0 Å². The predicted molar refractivity (Wildman–Crippen MR) is 51.9 cm³/mol. The molecule has 15 heavy (non-hydrogen) atoms. The van der Waals surface area contributed by atoms with Crippen LogP contribution in [0.1, 0.15) is 12.8 Å². The molecule has 1 N–H and O–H groups in total. The summed E-state index contributed by atoms with van der Waals surface area (Å²) >= 11 is 0. The molecule has 0 fully saturated rings. The van der Waals surface area contributed by atoms with Gasteiger partial charge in [0.25, 0.3) is 5.09 Å². The Labute approximate surface area is 123 Å². The molecule has 0 radical (unpaired) electrons. The number of hydrogen-bond acceptors (Lipinski definition) is 2. The van der Waals surface area contributed by atoms with Gasteiger partial charge in [-0.15, -0.1) is 23.0 Å². The third kappa shape index (κ3) is 19.8. The van der Waals surface area contributed by atoms with Crippen molar-refractivity contribution in [3.8, 4) is 0 Å². The van der Waals surface area contributed by atoms with Gasteiger partial charge in [0.05, 0.1) is 0 Å². The van der Waals surface area contributed by atoms with Gasteiger partial charge in [0.15, 0.2) is 0 Å². The average molecular weight is 333 g/mol. The number of allylic oxidation sites excluding steroid dienone is 8. The Balaban J connectivity index is 0. The maximum absolute atomic E-state index is 8.36. The second-order valence-corrected chi connectivity index (χ2v) is 2.24. The zero-order valence-electron chi connectivity index (χ0n) is 8.09. The molecule has 0 aromatic heterocycles. The molecule has 4 nitrogen and oxygen atoms in total. The molecule has 0 heterocycles. The Morgan fingerprint density at radius 3 is 1.53 bits per heavy atom. The van der Waals surface area contributed by atoms with Crippen LogP contribution < -0.4 is 0 Å². The van der Waals surface area contributed by atoms with E-state index >= 15 is 0 Å². The van der Waals surface area contributed by atoms with Crippen molar-refractivity contribution in [3.05, 3.63) is 58.7 Å². The van der Waals surface area contributed by atoms with E-state index in [0.29, 0.717) is 0 Å². The van der Waals surface area contributed by atoms with E-state index in [1.807, 2.05) is 24.3 Å². The van der Waals surface area contributed by atoms with Gasteiger partial charge in [-0.2, -0.15) is 12.2 Å². The molecule has 0 saturated carbocycles. The normalized spacial score (nSPS) is 13.3. The zero-order chi connectivity index (χ0) is 10.6. The Hall–Kier alpha value is -0.463. The van der Waals surface area contributed by atoms with Crippen molar-refractivity contribution in [1.29, 1.82) is 0 Å². The second kappa shape index (κ2) is 13.5. The third-order valence-corrected chi connectivity index (χ3v) is 1.17. The molecule has 2 aliphatic carbocycles. The first-order chi connectivity index (χ1) is 6.73. The Kier molecular flexibility index (Phi) is 15.3. The summed E-state index contributed by atoms with van der Waals surface area (Å²) in [5.74, 6) is 0. The quantitative estimate of drug-likeness (QED) is 0.420. The Morgan fingerprint density at radius 2 is 1.47 bits per heavy atom. The van der Waals surface area contributed by atoms with Crippen LogP contribution in [0.25, 0.3) is 0 Å². The predicted octanol–water partition coefficient (Wildman–Crippen LogP) is 2.26. The molecule has 0 atom stereocenters. The van der Waals surface area contributed by atoms with Crippen molar-refractivity contribution in [2.24, 2.45) is 0 Å². The molecule has 2 rings (SSSR count). The van der Waals surface area contributed by atoms with Gasteiger partial charge in [0.1, 0.15) is 0 Å².